The lowest BCUT2D eigenvalue weighted by atomic mass is 10.1. The number of pyridine rings is 1. The standard InChI is InChI=1S/C15H24N2O/c1-15(2,3)17-13-9-6-10-14(16-13)18-11-12-7-4-5-8-12/h6,9-10,12H,4-5,7-8,11H2,1-3H3,(H,16,17). The maximum Gasteiger partial charge on any atom is 0.215 e. The molecular formula is C15H24N2O. The first kappa shape index (κ1) is 13.2. The van der Waals surface area contributed by atoms with Gasteiger partial charge < -0.3 is 10.1 Å². The molecule has 1 heterocycles. The summed E-state index contributed by atoms with van der Waals surface area (Å²) in [4.78, 5) is 4.49. The summed E-state index contributed by atoms with van der Waals surface area (Å²) in [5.41, 5.74) is 0.0249. The van der Waals surface area contributed by atoms with Gasteiger partial charge in [-0.3, -0.25) is 0 Å². The number of anilines is 1. The van der Waals surface area contributed by atoms with E-state index < -0.39 is 0 Å². The average molecular weight is 248 g/mol. The number of hydrogen-bond acceptors (Lipinski definition) is 3. The molecule has 3 nitrogen and oxygen atoms in total. The minimum absolute atomic E-state index is 0.0249. The molecule has 1 N–H and O–H groups in total. The number of nitrogens with one attached hydrogen (secondary N) is 1. The van der Waals surface area contributed by atoms with Gasteiger partial charge in [-0.25, -0.2) is 0 Å². The van der Waals surface area contributed by atoms with E-state index in [0.29, 0.717) is 0 Å². The van der Waals surface area contributed by atoms with Crippen LogP contribution in [0.15, 0.2) is 18.2 Å². The van der Waals surface area contributed by atoms with Crippen molar-refractivity contribution in [1.29, 1.82) is 0 Å². The van der Waals surface area contributed by atoms with Crippen molar-refractivity contribution in [3.05, 3.63) is 18.2 Å². The van der Waals surface area contributed by atoms with E-state index in [1.54, 1.807) is 0 Å². The molecule has 1 aliphatic carbocycles. The molecule has 0 aromatic carbocycles. The third kappa shape index (κ3) is 4.21. The van der Waals surface area contributed by atoms with Crippen LogP contribution in [0.3, 0.4) is 0 Å². The molecule has 3 heteroatoms. The first-order valence-electron chi connectivity index (χ1n) is 6.91. The van der Waals surface area contributed by atoms with Crippen molar-refractivity contribution in [2.75, 3.05) is 11.9 Å². The smallest absolute Gasteiger partial charge is 0.215 e. The summed E-state index contributed by atoms with van der Waals surface area (Å²) in [7, 11) is 0. The van der Waals surface area contributed by atoms with Crippen molar-refractivity contribution in [3.63, 3.8) is 0 Å². The minimum atomic E-state index is 0.0249. The van der Waals surface area contributed by atoms with E-state index in [-0.39, 0.29) is 5.54 Å². The molecule has 1 saturated carbocycles. The van der Waals surface area contributed by atoms with Crippen LogP contribution in [0.5, 0.6) is 5.88 Å². The van der Waals surface area contributed by atoms with Gasteiger partial charge in [0.25, 0.3) is 0 Å². The monoisotopic (exact) mass is 248 g/mol. The Morgan fingerprint density at radius 3 is 2.67 bits per heavy atom. The highest BCUT2D eigenvalue weighted by Gasteiger charge is 2.16. The van der Waals surface area contributed by atoms with Gasteiger partial charge in [0.1, 0.15) is 5.82 Å². The summed E-state index contributed by atoms with van der Waals surface area (Å²) < 4.78 is 5.79. The van der Waals surface area contributed by atoms with E-state index in [1.807, 2.05) is 18.2 Å². The predicted molar refractivity (Wildman–Crippen MR) is 75.1 cm³/mol. The van der Waals surface area contributed by atoms with E-state index in [2.05, 4.69) is 31.1 Å². The van der Waals surface area contributed by atoms with Crippen LogP contribution in [-0.2, 0) is 0 Å². The topological polar surface area (TPSA) is 34.1 Å². The largest absolute Gasteiger partial charge is 0.477 e. The molecule has 0 radical (unpaired) electrons. The molecule has 0 atom stereocenters. The number of rotatable bonds is 4. The third-order valence-corrected chi connectivity index (χ3v) is 3.17. The lowest BCUT2D eigenvalue weighted by molar-refractivity contribution is 0.244. The van der Waals surface area contributed by atoms with Crippen molar-refractivity contribution in [2.45, 2.75) is 52.0 Å². The van der Waals surface area contributed by atoms with Crippen molar-refractivity contribution in [3.8, 4) is 5.88 Å². The predicted octanol–water partition coefficient (Wildman–Crippen LogP) is 3.86. The SMILES string of the molecule is CC(C)(C)Nc1cccc(OCC2CCCC2)n1. The summed E-state index contributed by atoms with van der Waals surface area (Å²) in [5.74, 6) is 2.34. The molecular weight excluding hydrogens is 224 g/mol. The Labute approximate surface area is 110 Å². The third-order valence-electron chi connectivity index (χ3n) is 3.17. The van der Waals surface area contributed by atoms with Crippen LogP contribution in [0.25, 0.3) is 0 Å². The number of nitrogens with zero attached hydrogens (tertiary/aromatic N) is 1. The average Bonchev–Trinajstić information content (AvgIpc) is 2.77. The fraction of sp³-hybridized carbons (Fsp3) is 0.667. The first-order chi connectivity index (χ1) is 8.53. The molecule has 1 aliphatic rings. The molecule has 0 amide bonds. The Bertz CT molecular complexity index is 378. The quantitative estimate of drug-likeness (QED) is 0.878. The van der Waals surface area contributed by atoms with E-state index in [4.69, 9.17) is 4.74 Å². The van der Waals surface area contributed by atoms with E-state index in [0.717, 1.165) is 24.2 Å². The zero-order valence-electron chi connectivity index (χ0n) is 11.7. The van der Waals surface area contributed by atoms with Gasteiger partial charge in [-0.15, -0.1) is 0 Å². The van der Waals surface area contributed by atoms with Gasteiger partial charge in [0, 0.05) is 11.6 Å². The fourth-order valence-corrected chi connectivity index (χ4v) is 2.33. The van der Waals surface area contributed by atoms with Gasteiger partial charge in [0.15, 0.2) is 0 Å². The summed E-state index contributed by atoms with van der Waals surface area (Å²) in [6.45, 7) is 7.19. The first-order valence-corrected chi connectivity index (χ1v) is 6.91. The zero-order valence-corrected chi connectivity index (χ0v) is 11.7. The number of hydrogen-bond donors (Lipinski definition) is 1. The maximum absolute atomic E-state index is 5.79. The van der Waals surface area contributed by atoms with Crippen LogP contribution in [0.2, 0.25) is 0 Å². The molecule has 0 unspecified atom stereocenters. The van der Waals surface area contributed by atoms with Crippen LogP contribution >= 0.6 is 0 Å². The highest BCUT2D eigenvalue weighted by molar-refractivity contribution is 5.39. The molecule has 2 rings (SSSR count). The second-order valence-electron chi connectivity index (χ2n) is 6.20. The summed E-state index contributed by atoms with van der Waals surface area (Å²) in [6.07, 6.45) is 5.32. The minimum Gasteiger partial charge on any atom is -0.477 e. The van der Waals surface area contributed by atoms with Gasteiger partial charge in [-0.1, -0.05) is 18.9 Å². The Kier molecular flexibility index (Phi) is 4.10. The second kappa shape index (κ2) is 5.59. The Hall–Kier alpha value is -1.25. The molecule has 100 valence electrons. The fourth-order valence-electron chi connectivity index (χ4n) is 2.33. The maximum atomic E-state index is 5.79. The van der Waals surface area contributed by atoms with Crippen LogP contribution in [-0.4, -0.2) is 17.1 Å². The van der Waals surface area contributed by atoms with E-state index in [9.17, 15) is 0 Å². The lowest BCUT2D eigenvalue weighted by Gasteiger charge is -2.21. The van der Waals surface area contributed by atoms with Crippen LogP contribution in [0, 0.1) is 5.92 Å². The molecule has 18 heavy (non-hydrogen) atoms. The van der Waals surface area contributed by atoms with Crippen LogP contribution < -0.4 is 10.1 Å². The summed E-state index contributed by atoms with van der Waals surface area (Å²) in [5, 5.41) is 3.36. The highest BCUT2D eigenvalue weighted by Crippen LogP contribution is 2.25. The van der Waals surface area contributed by atoms with Crippen molar-refractivity contribution < 1.29 is 4.74 Å². The van der Waals surface area contributed by atoms with Gasteiger partial charge in [0.05, 0.1) is 6.61 Å². The van der Waals surface area contributed by atoms with Crippen molar-refractivity contribution in [1.82, 2.24) is 4.98 Å². The van der Waals surface area contributed by atoms with Crippen molar-refractivity contribution in [2.24, 2.45) is 5.92 Å². The summed E-state index contributed by atoms with van der Waals surface area (Å²) in [6, 6.07) is 5.90. The van der Waals surface area contributed by atoms with E-state index in [1.165, 1.54) is 25.7 Å². The van der Waals surface area contributed by atoms with Gasteiger partial charge in [-0.2, -0.15) is 4.98 Å². The molecule has 1 fully saturated rings. The molecule has 1 aromatic heterocycles. The van der Waals surface area contributed by atoms with Gasteiger partial charge in [-0.05, 0) is 45.6 Å². The summed E-state index contributed by atoms with van der Waals surface area (Å²) >= 11 is 0. The molecule has 1 aromatic rings. The lowest BCUT2D eigenvalue weighted by Crippen LogP contribution is -2.26. The highest BCUT2D eigenvalue weighted by atomic mass is 16.5. The normalized spacial score (nSPS) is 16.8. The van der Waals surface area contributed by atoms with Gasteiger partial charge in [0.2, 0.25) is 5.88 Å². The zero-order chi connectivity index (χ0) is 13.0. The van der Waals surface area contributed by atoms with Crippen LogP contribution in [0.1, 0.15) is 46.5 Å². The molecule has 0 bridgehead atoms. The second-order valence-corrected chi connectivity index (χ2v) is 6.20. The molecule has 0 spiro atoms. The molecule has 0 saturated heterocycles. The Balaban J connectivity index is 1.90. The number of aromatic nitrogens is 1. The Morgan fingerprint density at radius 1 is 1.28 bits per heavy atom. The number of ether oxygens (including phenoxy) is 1. The van der Waals surface area contributed by atoms with Crippen LogP contribution in [0.4, 0.5) is 5.82 Å². The molecule has 0 aliphatic heterocycles. The van der Waals surface area contributed by atoms with Crippen molar-refractivity contribution >= 4 is 5.82 Å². The Morgan fingerprint density at radius 2 is 2.00 bits per heavy atom. The van der Waals surface area contributed by atoms with E-state index >= 15 is 0 Å². The van der Waals surface area contributed by atoms with Gasteiger partial charge >= 0.3 is 0 Å².